The molecule has 0 radical (unpaired) electrons. The average Bonchev–Trinajstić information content (AvgIpc) is 2.34. The van der Waals surface area contributed by atoms with E-state index in [1.54, 1.807) is 0 Å². The first kappa shape index (κ1) is 14.7. The van der Waals surface area contributed by atoms with E-state index in [-0.39, 0.29) is 26.7 Å². The van der Waals surface area contributed by atoms with Crippen molar-refractivity contribution in [3.05, 3.63) is 51.1 Å². The molecule has 1 aromatic heterocycles. The van der Waals surface area contributed by atoms with E-state index in [1.807, 2.05) is 0 Å². The van der Waals surface area contributed by atoms with Crippen molar-refractivity contribution in [2.45, 2.75) is 0 Å². The van der Waals surface area contributed by atoms with E-state index in [9.17, 15) is 13.6 Å². The number of hydrogen-bond acceptors (Lipinski definition) is 3. The van der Waals surface area contributed by atoms with E-state index >= 15 is 0 Å². The van der Waals surface area contributed by atoms with Crippen LogP contribution in [0.15, 0.2) is 28.7 Å². The highest BCUT2D eigenvalue weighted by atomic mass is 79.9. The molecule has 0 aliphatic heterocycles. The lowest BCUT2D eigenvalue weighted by Gasteiger charge is -2.08. The molecular formula is C12H7BrClF2N3O. The SMILES string of the molecule is Nc1cc(C(=O)Nc2cc(F)c(Br)cc2F)cc(Cl)n1. The van der Waals surface area contributed by atoms with Crippen molar-refractivity contribution in [3.63, 3.8) is 0 Å². The normalized spacial score (nSPS) is 10.4. The van der Waals surface area contributed by atoms with Gasteiger partial charge in [-0.2, -0.15) is 0 Å². The Labute approximate surface area is 126 Å². The van der Waals surface area contributed by atoms with Crippen molar-refractivity contribution in [1.82, 2.24) is 4.98 Å². The van der Waals surface area contributed by atoms with Gasteiger partial charge in [0.25, 0.3) is 5.91 Å². The Morgan fingerprint density at radius 3 is 2.60 bits per heavy atom. The molecule has 104 valence electrons. The monoisotopic (exact) mass is 361 g/mol. The van der Waals surface area contributed by atoms with Crippen molar-refractivity contribution >= 4 is 44.9 Å². The van der Waals surface area contributed by atoms with Gasteiger partial charge >= 0.3 is 0 Å². The summed E-state index contributed by atoms with van der Waals surface area (Å²) >= 11 is 8.50. The maximum atomic E-state index is 13.6. The molecule has 0 unspecified atom stereocenters. The minimum Gasteiger partial charge on any atom is -0.384 e. The summed E-state index contributed by atoms with van der Waals surface area (Å²) in [4.78, 5) is 15.6. The number of nitrogens with one attached hydrogen (secondary N) is 1. The molecule has 0 bridgehead atoms. The van der Waals surface area contributed by atoms with Crippen LogP contribution in [0.5, 0.6) is 0 Å². The van der Waals surface area contributed by atoms with Crippen LogP contribution in [0.4, 0.5) is 20.3 Å². The number of anilines is 2. The highest BCUT2D eigenvalue weighted by Gasteiger charge is 2.13. The van der Waals surface area contributed by atoms with Crippen LogP contribution in [0.1, 0.15) is 10.4 Å². The molecule has 0 aliphatic carbocycles. The number of hydrogen-bond donors (Lipinski definition) is 2. The molecule has 1 heterocycles. The Balaban J connectivity index is 2.30. The summed E-state index contributed by atoms with van der Waals surface area (Å²) in [7, 11) is 0. The maximum absolute atomic E-state index is 13.6. The van der Waals surface area contributed by atoms with Gasteiger partial charge < -0.3 is 11.1 Å². The third-order valence-electron chi connectivity index (χ3n) is 2.33. The van der Waals surface area contributed by atoms with Gasteiger partial charge in [-0.3, -0.25) is 4.79 Å². The van der Waals surface area contributed by atoms with E-state index in [2.05, 4.69) is 26.2 Å². The summed E-state index contributed by atoms with van der Waals surface area (Å²) < 4.78 is 26.9. The van der Waals surface area contributed by atoms with Crippen LogP contribution in [-0.4, -0.2) is 10.9 Å². The first-order chi connectivity index (χ1) is 9.36. The zero-order valence-electron chi connectivity index (χ0n) is 9.75. The first-order valence-electron chi connectivity index (χ1n) is 5.26. The molecule has 3 N–H and O–H groups in total. The zero-order valence-corrected chi connectivity index (χ0v) is 12.1. The van der Waals surface area contributed by atoms with Crippen molar-refractivity contribution in [3.8, 4) is 0 Å². The van der Waals surface area contributed by atoms with Gasteiger partial charge in [-0.1, -0.05) is 11.6 Å². The highest BCUT2D eigenvalue weighted by molar-refractivity contribution is 9.10. The summed E-state index contributed by atoms with van der Waals surface area (Å²) in [5.41, 5.74) is 5.25. The van der Waals surface area contributed by atoms with Gasteiger partial charge in [-0.05, 0) is 34.1 Å². The predicted octanol–water partition coefficient (Wildman–Crippen LogP) is 3.61. The van der Waals surface area contributed by atoms with Crippen LogP contribution < -0.4 is 11.1 Å². The van der Waals surface area contributed by atoms with Crippen LogP contribution in [0.2, 0.25) is 5.15 Å². The fourth-order valence-corrected chi connectivity index (χ4v) is 1.99. The topological polar surface area (TPSA) is 68.0 Å². The fourth-order valence-electron chi connectivity index (χ4n) is 1.46. The Morgan fingerprint density at radius 1 is 1.25 bits per heavy atom. The summed E-state index contributed by atoms with van der Waals surface area (Å²) in [5.74, 6) is -2.11. The molecule has 0 atom stereocenters. The Morgan fingerprint density at radius 2 is 1.95 bits per heavy atom. The number of carbonyl (C=O) groups excluding carboxylic acids is 1. The van der Waals surface area contributed by atoms with Gasteiger partial charge in [0.15, 0.2) is 0 Å². The third kappa shape index (κ3) is 3.23. The predicted molar refractivity (Wildman–Crippen MR) is 75.7 cm³/mol. The number of pyridine rings is 1. The Bertz CT molecular complexity index is 676. The molecule has 1 aromatic carbocycles. The standard InChI is InChI=1S/C12H7BrClF2N3O/c13-6-3-8(16)9(4-7(6)15)18-12(20)5-1-10(14)19-11(17)2-5/h1-4H,(H2,17,19)(H,18,20). The molecule has 0 spiro atoms. The van der Waals surface area contributed by atoms with Crippen molar-refractivity contribution in [2.75, 3.05) is 11.1 Å². The van der Waals surface area contributed by atoms with Gasteiger partial charge in [0.05, 0.1) is 10.2 Å². The van der Waals surface area contributed by atoms with Crippen molar-refractivity contribution < 1.29 is 13.6 Å². The van der Waals surface area contributed by atoms with Gasteiger partial charge in [-0.25, -0.2) is 13.8 Å². The Kier molecular flexibility index (Phi) is 4.20. The molecular weight excluding hydrogens is 356 g/mol. The zero-order chi connectivity index (χ0) is 14.9. The van der Waals surface area contributed by atoms with E-state index in [1.165, 1.54) is 12.1 Å². The number of rotatable bonds is 2. The largest absolute Gasteiger partial charge is 0.384 e. The molecule has 8 heteroatoms. The van der Waals surface area contributed by atoms with Crippen LogP contribution >= 0.6 is 27.5 Å². The van der Waals surface area contributed by atoms with E-state index in [4.69, 9.17) is 17.3 Å². The van der Waals surface area contributed by atoms with Gasteiger partial charge in [0.1, 0.15) is 22.6 Å². The molecule has 2 rings (SSSR count). The lowest BCUT2D eigenvalue weighted by atomic mass is 10.2. The molecule has 0 saturated heterocycles. The smallest absolute Gasteiger partial charge is 0.255 e. The molecule has 0 fully saturated rings. The number of carbonyl (C=O) groups is 1. The summed E-state index contributed by atoms with van der Waals surface area (Å²) in [6.45, 7) is 0. The van der Waals surface area contributed by atoms with Crippen molar-refractivity contribution in [1.29, 1.82) is 0 Å². The number of nitrogens with zero attached hydrogens (tertiary/aromatic N) is 1. The molecule has 20 heavy (non-hydrogen) atoms. The average molecular weight is 363 g/mol. The minimum atomic E-state index is -0.778. The lowest BCUT2D eigenvalue weighted by Crippen LogP contribution is -2.14. The van der Waals surface area contributed by atoms with Gasteiger partial charge in [0, 0.05) is 11.6 Å². The van der Waals surface area contributed by atoms with E-state index in [0.717, 1.165) is 12.1 Å². The van der Waals surface area contributed by atoms with Gasteiger partial charge in [0.2, 0.25) is 0 Å². The van der Waals surface area contributed by atoms with Crippen molar-refractivity contribution in [2.24, 2.45) is 0 Å². The van der Waals surface area contributed by atoms with Gasteiger partial charge in [-0.15, -0.1) is 0 Å². The second-order valence-electron chi connectivity index (χ2n) is 3.80. The number of nitrogens with two attached hydrogens (primary N) is 1. The molecule has 0 aliphatic rings. The summed E-state index contributed by atoms with van der Waals surface area (Å²) in [6, 6.07) is 4.32. The maximum Gasteiger partial charge on any atom is 0.255 e. The highest BCUT2D eigenvalue weighted by Crippen LogP contribution is 2.24. The quantitative estimate of drug-likeness (QED) is 0.633. The van der Waals surface area contributed by atoms with Crippen LogP contribution in [-0.2, 0) is 0 Å². The van der Waals surface area contributed by atoms with Crippen LogP contribution in [0.25, 0.3) is 0 Å². The van der Waals surface area contributed by atoms with E-state index < -0.39 is 17.5 Å². The third-order valence-corrected chi connectivity index (χ3v) is 3.14. The molecule has 1 amide bonds. The molecule has 0 saturated carbocycles. The second-order valence-corrected chi connectivity index (χ2v) is 5.05. The summed E-state index contributed by atoms with van der Waals surface area (Å²) in [6.07, 6.45) is 0. The Hall–Kier alpha value is -1.73. The first-order valence-corrected chi connectivity index (χ1v) is 6.43. The molecule has 4 nitrogen and oxygen atoms in total. The number of nitrogen functional groups attached to an aromatic ring is 1. The van der Waals surface area contributed by atoms with E-state index in [0.29, 0.717) is 0 Å². The lowest BCUT2D eigenvalue weighted by molar-refractivity contribution is 0.102. The molecule has 2 aromatic rings. The van der Waals surface area contributed by atoms with Crippen LogP contribution in [0.3, 0.4) is 0 Å². The summed E-state index contributed by atoms with van der Waals surface area (Å²) in [5, 5.41) is 2.26. The number of aromatic nitrogens is 1. The number of benzene rings is 1. The second kappa shape index (κ2) is 5.72. The minimum absolute atomic E-state index is 0.0256. The van der Waals surface area contributed by atoms with Crippen LogP contribution in [0, 0.1) is 11.6 Å². The fraction of sp³-hybridized carbons (Fsp3) is 0. The number of halogens is 4. The number of amides is 1.